The van der Waals surface area contributed by atoms with Crippen LogP contribution in [0.3, 0.4) is 0 Å². The molecular weight excluding hydrogens is 400 g/mol. The SMILES string of the molecule is O=C1CCc2cc(N3CCN([C@H]4C=C(c5cc6ncccc6c(=O)[nH]5)CC4)CC3)ccc21. The highest BCUT2D eigenvalue weighted by molar-refractivity contribution is 6.00. The lowest BCUT2D eigenvalue weighted by molar-refractivity contribution is 0.0994. The number of carbonyl (C=O) groups excluding carboxylic acids is 1. The number of aryl methyl sites for hydroxylation is 1. The summed E-state index contributed by atoms with van der Waals surface area (Å²) in [5.74, 6) is 0.281. The number of rotatable bonds is 3. The van der Waals surface area contributed by atoms with E-state index >= 15 is 0 Å². The monoisotopic (exact) mass is 426 g/mol. The Hall–Kier alpha value is -3.25. The Morgan fingerprint density at radius 1 is 0.969 bits per heavy atom. The number of aromatic nitrogens is 2. The molecule has 3 aromatic rings. The molecule has 6 rings (SSSR count). The van der Waals surface area contributed by atoms with Crippen molar-refractivity contribution in [2.75, 3.05) is 31.1 Å². The summed E-state index contributed by atoms with van der Waals surface area (Å²) in [6.07, 6.45) is 7.65. The number of allylic oxidation sites excluding steroid dienone is 1. The number of hydrogen-bond donors (Lipinski definition) is 1. The van der Waals surface area contributed by atoms with Crippen LogP contribution in [0.4, 0.5) is 5.69 Å². The van der Waals surface area contributed by atoms with Crippen LogP contribution in [-0.2, 0) is 6.42 Å². The number of pyridine rings is 2. The molecule has 0 spiro atoms. The van der Waals surface area contributed by atoms with E-state index in [1.54, 1.807) is 12.3 Å². The second kappa shape index (κ2) is 7.71. The Labute approximate surface area is 186 Å². The maximum atomic E-state index is 12.4. The van der Waals surface area contributed by atoms with E-state index < -0.39 is 0 Å². The third-order valence-corrected chi connectivity index (χ3v) is 7.22. The predicted molar refractivity (Wildman–Crippen MR) is 126 cm³/mol. The van der Waals surface area contributed by atoms with Gasteiger partial charge in [0.25, 0.3) is 5.56 Å². The van der Waals surface area contributed by atoms with Gasteiger partial charge in [-0.25, -0.2) is 0 Å². The molecule has 1 N–H and O–H groups in total. The molecule has 0 bridgehead atoms. The molecule has 1 aliphatic heterocycles. The van der Waals surface area contributed by atoms with E-state index in [-0.39, 0.29) is 11.3 Å². The zero-order valence-corrected chi connectivity index (χ0v) is 18.0. The zero-order valence-electron chi connectivity index (χ0n) is 18.0. The standard InChI is InChI=1S/C26H26N4O2/c31-25-8-4-17-14-20(6-7-21(17)25)30-12-10-29(11-13-30)19-5-3-18(15-19)23-16-24-22(26(32)28-23)2-1-9-27-24/h1-2,6-7,9,14-16,19H,3-5,8,10-13H2,(H,28,32)/t19-/m1/s1. The fraction of sp³-hybridized carbons (Fsp3) is 0.346. The molecule has 0 radical (unpaired) electrons. The first kappa shape index (κ1) is 19.4. The number of ketones is 1. The second-order valence-electron chi connectivity index (χ2n) is 9.03. The Morgan fingerprint density at radius 3 is 2.72 bits per heavy atom. The number of benzene rings is 1. The van der Waals surface area contributed by atoms with Crippen LogP contribution in [0, 0.1) is 0 Å². The van der Waals surface area contributed by atoms with E-state index in [9.17, 15) is 9.59 Å². The van der Waals surface area contributed by atoms with Crippen molar-refractivity contribution in [1.82, 2.24) is 14.9 Å². The Kier molecular flexibility index (Phi) is 4.68. The molecule has 1 saturated heterocycles. The smallest absolute Gasteiger partial charge is 0.257 e. The van der Waals surface area contributed by atoms with Gasteiger partial charge in [0.05, 0.1) is 10.9 Å². The molecular formula is C26H26N4O2. The normalized spacial score (nSPS) is 21.2. The Balaban J connectivity index is 1.15. The topological polar surface area (TPSA) is 69.3 Å². The molecule has 1 aromatic carbocycles. The van der Waals surface area contributed by atoms with Gasteiger partial charge in [0.2, 0.25) is 0 Å². The average molecular weight is 427 g/mol. The number of nitrogens with zero attached hydrogens (tertiary/aromatic N) is 3. The number of fused-ring (bicyclic) bond motifs is 2. The number of carbonyl (C=O) groups is 1. The van der Waals surface area contributed by atoms with Crippen LogP contribution in [0.5, 0.6) is 0 Å². The van der Waals surface area contributed by atoms with Crippen molar-refractivity contribution >= 4 is 27.9 Å². The number of hydrogen-bond acceptors (Lipinski definition) is 5. The summed E-state index contributed by atoms with van der Waals surface area (Å²) < 4.78 is 0. The van der Waals surface area contributed by atoms with Crippen LogP contribution in [0.2, 0.25) is 0 Å². The molecule has 162 valence electrons. The fourth-order valence-corrected chi connectivity index (χ4v) is 5.42. The molecule has 2 aliphatic carbocycles. The minimum Gasteiger partial charge on any atom is -0.369 e. The van der Waals surface area contributed by atoms with Gasteiger partial charge in [0.1, 0.15) is 0 Å². The number of piperazine rings is 1. The van der Waals surface area contributed by atoms with Crippen molar-refractivity contribution in [3.05, 3.63) is 75.8 Å². The van der Waals surface area contributed by atoms with Crippen LogP contribution < -0.4 is 10.5 Å². The van der Waals surface area contributed by atoms with Gasteiger partial charge in [0.15, 0.2) is 5.78 Å². The van der Waals surface area contributed by atoms with Crippen molar-refractivity contribution < 1.29 is 4.79 Å². The molecule has 0 unspecified atom stereocenters. The zero-order chi connectivity index (χ0) is 21.7. The molecule has 1 atom stereocenters. The van der Waals surface area contributed by atoms with Crippen LogP contribution in [0.25, 0.3) is 16.5 Å². The van der Waals surface area contributed by atoms with E-state index in [0.29, 0.717) is 17.8 Å². The summed E-state index contributed by atoms with van der Waals surface area (Å²) in [6.45, 7) is 4.01. The summed E-state index contributed by atoms with van der Waals surface area (Å²) in [7, 11) is 0. The van der Waals surface area contributed by atoms with Gasteiger partial charge in [-0.1, -0.05) is 6.08 Å². The van der Waals surface area contributed by atoms with Crippen LogP contribution >= 0.6 is 0 Å². The molecule has 2 aromatic heterocycles. The van der Waals surface area contributed by atoms with Crippen molar-refractivity contribution in [2.45, 2.75) is 31.7 Å². The number of anilines is 1. The van der Waals surface area contributed by atoms with E-state index in [4.69, 9.17) is 0 Å². The lowest BCUT2D eigenvalue weighted by Crippen LogP contribution is -2.49. The highest BCUT2D eigenvalue weighted by Crippen LogP contribution is 2.32. The largest absolute Gasteiger partial charge is 0.369 e. The number of Topliss-reactive ketones (excluding diaryl/α,β-unsaturated/α-hetero) is 1. The maximum absolute atomic E-state index is 12.4. The summed E-state index contributed by atoms with van der Waals surface area (Å²) in [5.41, 5.74) is 6.15. The van der Waals surface area contributed by atoms with Gasteiger partial charge < -0.3 is 9.88 Å². The number of H-pyrrole nitrogens is 1. The van der Waals surface area contributed by atoms with Crippen molar-refractivity contribution in [1.29, 1.82) is 0 Å². The second-order valence-corrected chi connectivity index (χ2v) is 9.03. The highest BCUT2D eigenvalue weighted by Gasteiger charge is 2.28. The Bertz CT molecular complexity index is 1300. The van der Waals surface area contributed by atoms with Gasteiger partial charge in [-0.3, -0.25) is 19.5 Å². The molecule has 3 heterocycles. The fourth-order valence-electron chi connectivity index (χ4n) is 5.42. The maximum Gasteiger partial charge on any atom is 0.257 e. The number of aromatic amines is 1. The van der Waals surface area contributed by atoms with Crippen LogP contribution in [0.1, 0.15) is 40.9 Å². The molecule has 32 heavy (non-hydrogen) atoms. The minimum atomic E-state index is -0.0698. The average Bonchev–Trinajstić information content (AvgIpc) is 3.46. The van der Waals surface area contributed by atoms with Gasteiger partial charge in [0, 0.05) is 61.8 Å². The molecule has 3 aliphatic rings. The van der Waals surface area contributed by atoms with E-state index in [0.717, 1.165) is 62.2 Å². The lowest BCUT2D eigenvalue weighted by atomic mass is 10.1. The third kappa shape index (κ3) is 3.35. The highest BCUT2D eigenvalue weighted by atomic mass is 16.1. The lowest BCUT2D eigenvalue weighted by Gasteiger charge is -2.38. The third-order valence-electron chi connectivity index (χ3n) is 7.22. The molecule has 6 nitrogen and oxygen atoms in total. The first-order chi connectivity index (χ1) is 15.7. The summed E-state index contributed by atoms with van der Waals surface area (Å²) in [4.78, 5) is 36.8. The van der Waals surface area contributed by atoms with Crippen LogP contribution in [-0.4, -0.2) is 52.9 Å². The molecule has 6 heteroatoms. The van der Waals surface area contributed by atoms with Gasteiger partial charge >= 0.3 is 0 Å². The van der Waals surface area contributed by atoms with Crippen molar-refractivity contribution in [3.8, 4) is 0 Å². The summed E-state index contributed by atoms with van der Waals surface area (Å²) in [6, 6.07) is 12.4. The quantitative estimate of drug-likeness (QED) is 0.695. The van der Waals surface area contributed by atoms with Crippen LogP contribution in [0.15, 0.2) is 53.5 Å². The first-order valence-corrected chi connectivity index (χ1v) is 11.5. The predicted octanol–water partition coefficient (Wildman–Crippen LogP) is 3.42. The minimum absolute atomic E-state index is 0.0698. The summed E-state index contributed by atoms with van der Waals surface area (Å²) in [5, 5.41) is 0.637. The van der Waals surface area contributed by atoms with Crippen molar-refractivity contribution in [2.24, 2.45) is 0 Å². The molecule has 1 fully saturated rings. The summed E-state index contributed by atoms with van der Waals surface area (Å²) >= 11 is 0. The van der Waals surface area contributed by atoms with E-state index in [2.05, 4.69) is 38.0 Å². The van der Waals surface area contributed by atoms with Gasteiger partial charge in [-0.05, 0) is 66.8 Å². The van der Waals surface area contributed by atoms with E-state index in [1.807, 2.05) is 18.2 Å². The molecule has 0 saturated carbocycles. The van der Waals surface area contributed by atoms with Gasteiger partial charge in [-0.2, -0.15) is 0 Å². The van der Waals surface area contributed by atoms with Crippen molar-refractivity contribution in [3.63, 3.8) is 0 Å². The first-order valence-electron chi connectivity index (χ1n) is 11.5. The van der Waals surface area contributed by atoms with Gasteiger partial charge in [-0.15, -0.1) is 0 Å². The molecule has 0 amide bonds. The number of nitrogens with one attached hydrogen (secondary N) is 1. The Morgan fingerprint density at radius 2 is 1.84 bits per heavy atom. The van der Waals surface area contributed by atoms with E-state index in [1.165, 1.54) is 16.8 Å².